The van der Waals surface area contributed by atoms with Gasteiger partial charge in [0.25, 0.3) is 5.91 Å². The lowest BCUT2D eigenvalue weighted by Gasteiger charge is -2.08. The fourth-order valence-corrected chi connectivity index (χ4v) is 1.85. The Morgan fingerprint density at radius 3 is 3.05 bits per heavy atom. The molecule has 1 aromatic carbocycles. The first kappa shape index (κ1) is 13.9. The van der Waals surface area contributed by atoms with Crippen LogP contribution in [0.5, 0.6) is 5.75 Å². The van der Waals surface area contributed by atoms with Crippen molar-refractivity contribution in [2.75, 3.05) is 19.4 Å². The molecule has 0 aliphatic heterocycles. The van der Waals surface area contributed by atoms with E-state index in [9.17, 15) is 4.79 Å². The highest BCUT2D eigenvalue weighted by atomic mass is 16.5. The average molecular weight is 274 g/mol. The highest BCUT2D eigenvalue weighted by molar-refractivity contribution is 5.95. The summed E-state index contributed by atoms with van der Waals surface area (Å²) in [7, 11) is 1.52. The lowest BCUT2D eigenvalue weighted by molar-refractivity contribution is 0.0953. The number of rotatable bonds is 6. The summed E-state index contributed by atoms with van der Waals surface area (Å²) < 4.78 is 5.09. The van der Waals surface area contributed by atoms with Crippen LogP contribution in [0.3, 0.4) is 0 Å². The second-order valence-electron chi connectivity index (χ2n) is 4.35. The van der Waals surface area contributed by atoms with Gasteiger partial charge in [-0.3, -0.25) is 4.79 Å². The van der Waals surface area contributed by atoms with E-state index in [0.29, 0.717) is 23.5 Å². The number of imidazole rings is 1. The van der Waals surface area contributed by atoms with Gasteiger partial charge in [-0.15, -0.1) is 0 Å². The molecule has 0 atom stereocenters. The van der Waals surface area contributed by atoms with Crippen LogP contribution in [-0.4, -0.2) is 29.5 Å². The molecule has 0 unspecified atom stereocenters. The molecule has 1 heterocycles. The number of H-pyrrole nitrogens is 1. The Morgan fingerprint density at radius 1 is 1.50 bits per heavy atom. The van der Waals surface area contributed by atoms with Crippen LogP contribution in [0.25, 0.3) is 0 Å². The van der Waals surface area contributed by atoms with E-state index in [1.165, 1.54) is 7.11 Å². The summed E-state index contributed by atoms with van der Waals surface area (Å²) in [5.74, 6) is 1.30. The number of ether oxygens (including phenoxy) is 1. The third kappa shape index (κ3) is 3.50. The Bertz CT molecular complexity index is 567. The maximum Gasteiger partial charge on any atom is 0.251 e. The number of nitrogens with two attached hydrogens (primary N) is 1. The number of amides is 1. The van der Waals surface area contributed by atoms with Gasteiger partial charge in [-0.25, -0.2) is 4.98 Å². The molecule has 106 valence electrons. The zero-order chi connectivity index (χ0) is 14.4. The van der Waals surface area contributed by atoms with E-state index < -0.39 is 0 Å². The number of methoxy groups -OCH3 is 1. The first-order valence-corrected chi connectivity index (χ1v) is 6.40. The van der Waals surface area contributed by atoms with Gasteiger partial charge in [-0.1, -0.05) is 0 Å². The van der Waals surface area contributed by atoms with Crippen LogP contribution in [0.2, 0.25) is 0 Å². The van der Waals surface area contributed by atoms with Gasteiger partial charge >= 0.3 is 0 Å². The second kappa shape index (κ2) is 6.60. The summed E-state index contributed by atoms with van der Waals surface area (Å²) in [5, 5.41) is 2.86. The van der Waals surface area contributed by atoms with E-state index in [1.54, 1.807) is 30.6 Å². The van der Waals surface area contributed by atoms with E-state index in [2.05, 4.69) is 15.3 Å². The maximum absolute atomic E-state index is 12.0. The summed E-state index contributed by atoms with van der Waals surface area (Å²) in [6, 6.07) is 4.98. The van der Waals surface area contributed by atoms with E-state index >= 15 is 0 Å². The van der Waals surface area contributed by atoms with E-state index in [4.69, 9.17) is 10.5 Å². The molecule has 6 heteroatoms. The van der Waals surface area contributed by atoms with Gasteiger partial charge in [0.2, 0.25) is 0 Å². The van der Waals surface area contributed by atoms with Gasteiger partial charge in [-0.2, -0.15) is 0 Å². The lowest BCUT2D eigenvalue weighted by atomic mass is 10.1. The second-order valence-corrected chi connectivity index (χ2v) is 4.35. The normalized spacial score (nSPS) is 10.2. The Balaban J connectivity index is 1.82. The number of carbonyl (C=O) groups is 1. The SMILES string of the molecule is COc1cc(C(=O)NCCCc2ncc[nH]2)ccc1N. The van der Waals surface area contributed by atoms with Crippen LogP contribution in [0, 0.1) is 0 Å². The molecular formula is C14H18N4O2. The van der Waals surface area contributed by atoms with Gasteiger partial charge in [0.05, 0.1) is 12.8 Å². The van der Waals surface area contributed by atoms with Crippen molar-refractivity contribution < 1.29 is 9.53 Å². The van der Waals surface area contributed by atoms with Crippen molar-refractivity contribution in [2.45, 2.75) is 12.8 Å². The van der Waals surface area contributed by atoms with Crippen LogP contribution < -0.4 is 15.8 Å². The third-order valence-electron chi connectivity index (χ3n) is 2.93. The molecule has 2 rings (SSSR count). The molecule has 0 fully saturated rings. The number of nitrogen functional groups attached to an aromatic ring is 1. The Labute approximate surface area is 117 Å². The number of nitrogens with one attached hydrogen (secondary N) is 2. The van der Waals surface area contributed by atoms with Crippen molar-refractivity contribution >= 4 is 11.6 Å². The molecule has 0 aliphatic rings. The smallest absolute Gasteiger partial charge is 0.251 e. The lowest BCUT2D eigenvalue weighted by Crippen LogP contribution is -2.24. The predicted molar refractivity (Wildman–Crippen MR) is 76.6 cm³/mol. The minimum Gasteiger partial charge on any atom is -0.495 e. The third-order valence-corrected chi connectivity index (χ3v) is 2.93. The quantitative estimate of drug-likeness (QED) is 0.548. The van der Waals surface area contributed by atoms with Gasteiger partial charge in [-0.05, 0) is 24.6 Å². The molecule has 0 saturated heterocycles. The van der Waals surface area contributed by atoms with Crippen molar-refractivity contribution in [3.05, 3.63) is 42.0 Å². The Kier molecular flexibility index (Phi) is 4.60. The van der Waals surface area contributed by atoms with Crippen LogP contribution in [0.15, 0.2) is 30.6 Å². The van der Waals surface area contributed by atoms with Gasteiger partial charge in [0, 0.05) is 30.9 Å². The minimum absolute atomic E-state index is 0.136. The Hall–Kier alpha value is -2.50. The number of aryl methyl sites for hydroxylation is 1. The van der Waals surface area contributed by atoms with Crippen LogP contribution >= 0.6 is 0 Å². The van der Waals surface area contributed by atoms with Gasteiger partial charge < -0.3 is 20.8 Å². The summed E-state index contributed by atoms with van der Waals surface area (Å²) >= 11 is 0. The van der Waals surface area contributed by atoms with Crippen molar-refractivity contribution in [3.63, 3.8) is 0 Å². The predicted octanol–water partition coefficient (Wildman–Crippen LogP) is 1.36. The van der Waals surface area contributed by atoms with Crippen LogP contribution in [0.1, 0.15) is 22.6 Å². The molecule has 0 bridgehead atoms. The van der Waals surface area contributed by atoms with Gasteiger partial charge in [0.15, 0.2) is 0 Å². The number of hydrogen-bond acceptors (Lipinski definition) is 4. The summed E-state index contributed by atoms with van der Waals surface area (Å²) in [4.78, 5) is 19.1. The first-order valence-electron chi connectivity index (χ1n) is 6.40. The number of hydrogen-bond donors (Lipinski definition) is 3. The summed E-state index contributed by atoms with van der Waals surface area (Å²) in [6.45, 7) is 0.590. The molecule has 0 saturated carbocycles. The van der Waals surface area contributed by atoms with Crippen molar-refractivity contribution in [1.29, 1.82) is 0 Å². The van der Waals surface area contributed by atoms with Crippen LogP contribution in [0.4, 0.5) is 5.69 Å². The molecule has 2 aromatic rings. The molecule has 1 amide bonds. The molecule has 0 radical (unpaired) electrons. The van der Waals surface area contributed by atoms with Gasteiger partial charge in [0.1, 0.15) is 11.6 Å². The number of carbonyl (C=O) groups excluding carboxylic acids is 1. The fraction of sp³-hybridized carbons (Fsp3) is 0.286. The first-order chi connectivity index (χ1) is 9.70. The van der Waals surface area contributed by atoms with Crippen molar-refractivity contribution in [1.82, 2.24) is 15.3 Å². The Morgan fingerprint density at radius 2 is 2.35 bits per heavy atom. The summed E-state index contributed by atoms with van der Waals surface area (Å²) in [6.07, 6.45) is 5.13. The molecule has 4 N–H and O–H groups in total. The van der Waals surface area contributed by atoms with Crippen molar-refractivity contribution in [2.24, 2.45) is 0 Å². The largest absolute Gasteiger partial charge is 0.495 e. The minimum atomic E-state index is -0.136. The molecule has 0 aliphatic carbocycles. The number of nitrogens with zero attached hydrogens (tertiary/aromatic N) is 1. The van der Waals surface area contributed by atoms with E-state index in [1.807, 2.05) is 0 Å². The number of benzene rings is 1. The number of aromatic nitrogens is 2. The maximum atomic E-state index is 12.0. The van der Waals surface area contributed by atoms with Crippen molar-refractivity contribution in [3.8, 4) is 5.75 Å². The topological polar surface area (TPSA) is 93.0 Å². The molecular weight excluding hydrogens is 256 g/mol. The standard InChI is InChI=1S/C14H18N4O2/c1-20-12-9-10(4-5-11(12)15)14(19)18-6-2-3-13-16-7-8-17-13/h4-5,7-9H,2-3,6,15H2,1H3,(H,16,17)(H,18,19). The summed E-state index contributed by atoms with van der Waals surface area (Å²) in [5.41, 5.74) is 6.76. The molecule has 6 nitrogen and oxygen atoms in total. The zero-order valence-corrected chi connectivity index (χ0v) is 11.3. The van der Waals surface area contributed by atoms with E-state index in [0.717, 1.165) is 18.7 Å². The highest BCUT2D eigenvalue weighted by Crippen LogP contribution is 2.21. The fourth-order valence-electron chi connectivity index (χ4n) is 1.85. The molecule has 20 heavy (non-hydrogen) atoms. The number of aromatic amines is 1. The molecule has 1 aromatic heterocycles. The van der Waals surface area contributed by atoms with Crippen LogP contribution in [-0.2, 0) is 6.42 Å². The average Bonchev–Trinajstić information content (AvgIpc) is 2.97. The number of anilines is 1. The van der Waals surface area contributed by atoms with E-state index in [-0.39, 0.29) is 5.91 Å². The monoisotopic (exact) mass is 274 g/mol. The molecule has 0 spiro atoms. The zero-order valence-electron chi connectivity index (χ0n) is 11.3. The highest BCUT2D eigenvalue weighted by Gasteiger charge is 2.08.